The highest BCUT2D eigenvalue weighted by atomic mass is 32.2. The maximum atomic E-state index is 12.9. The third kappa shape index (κ3) is 3.46. The molecule has 0 N–H and O–H groups in total. The van der Waals surface area contributed by atoms with Gasteiger partial charge in [0.15, 0.2) is 10.1 Å². The molecule has 2 heterocycles. The van der Waals surface area contributed by atoms with Crippen molar-refractivity contribution in [2.24, 2.45) is 11.8 Å². The predicted octanol–water partition coefficient (Wildman–Crippen LogP) is 4.95. The summed E-state index contributed by atoms with van der Waals surface area (Å²) < 4.78 is 1.72. The summed E-state index contributed by atoms with van der Waals surface area (Å²) in [7, 11) is 0. The van der Waals surface area contributed by atoms with Crippen molar-refractivity contribution in [3.8, 4) is 0 Å². The minimum atomic E-state index is -0.154. The maximum Gasteiger partial charge on any atom is 0.237 e. The number of anilines is 1. The number of carbonyl (C=O) groups is 3. The molecule has 0 spiro atoms. The Labute approximate surface area is 182 Å². The number of carbonyl (C=O) groups excluding carboxylic acids is 3. The van der Waals surface area contributed by atoms with Crippen molar-refractivity contribution in [3.63, 3.8) is 0 Å². The number of thiazole rings is 1. The smallest absolute Gasteiger partial charge is 0.237 e. The average Bonchev–Trinajstić information content (AvgIpc) is 3.30. The monoisotopic (exact) mass is 436 g/mol. The van der Waals surface area contributed by atoms with Gasteiger partial charge >= 0.3 is 0 Å². The number of hydrogen-bond donors (Lipinski definition) is 0. The van der Waals surface area contributed by atoms with Gasteiger partial charge in [-0.25, -0.2) is 4.98 Å². The number of benzene rings is 2. The number of nitrogens with zero attached hydrogens (tertiary/aromatic N) is 2. The molecule has 2 aromatic carbocycles. The highest BCUT2D eigenvalue weighted by molar-refractivity contribution is 8.01. The van der Waals surface area contributed by atoms with Crippen LogP contribution in [0.15, 0.2) is 52.9 Å². The molecule has 1 aliphatic heterocycles. The lowest BCUT2D eigenvalue weighted by atomic mass is 9.81. The summed E-state index contributed by atoms with van der Waals surface area (Å²) in [6.07, 6.45) is 3.66. The van der Waals surface area contributed by atoms with E-state index >= 15 is 0 Å². The van der Waals surface area contributed by atoms with Crippen molar-refractivity contribution in [2.45, 2.75) is 30.0 Å². The number of amides is 2. The molecule has 30 heavy (non-hydrogen) atoms. The van der Waals surface area contributed by atoms with Gasteiger partial charge in [-0.3, -0.25) is 19.3 Å². The topological polar surface area (TPSA) is 67.3 Å². The maximum absolute atomic E-state index is 12.9. The zero-order valence-electron chi connectivity index (χ0n) is 16.2. The quantitative estimate of drug-likeness (QED) is 0.322. The molecule has 152 valence electrons. The number of Topliss-reactive ketones (excluding diaryl/α,β-unsaturated/α-hetero) is 1. The van der Waals surface area contributed by atoms with Crippen LogP contribution < -0.4 is 4.90 Å². The number of aromatic nitrogens is 1. The van der Waals surface area contributed by atoms with Crippen LogP contribution in [0.25, 0.3) is 10.2 Å². The zero-order valence-corrected chi connectivity index (χ0v) is 17.9. The Hall–Kier alpha value is -2.51. The predicted molar refractivity (Wildman–Crippen MR) is 119 cm³/mol. The van der Waals surface area contributed by atoms with Gasteiger partial charge in [0.05, 0.1) is 33.5 Å². The molecule has 0 bridgehead atoms. The molecule has 7 heteroatoms. The van der Waals surface area contributed by atoms with Crippen LogP contribution in [0.5, 0.6) is 0 Å². The molecule has 1 saturated heterocycles. The summed E-state index contributed by atoms with van der Waals surface area (Å²) in [5, 5.41) is 0. The minimum absolute atomic E-state index is 0.0587. The molecule has 0 radical (unpaired) electrons. The first-order valence-electron chi connectivity index (χ1n) is 10.1. The van der Waals surface area contributed by atoms with Gasteiger partial charge in [0.1, 0.15) is 0 Å². The molecule has 5 nitrogen and oxygen atoms in total. The van der Waals surface area contributed by atoms with Crippen molar-refractivity contribution in [2.75, 3.05) is 10.7 Å². The molecular weight excluding hydrogens is 416 g/mol. The minimum Gasteiger partial charge on any atom is -0.293 e. The Kier molecular flexibility index (Phi) is 5.16. The van der Waals surface area contributed by atoms with E-state index in [2.05, 4.69) is 4.98 Å². The van der Waals surface area contributed by atoms with Crippen LogP contribution in [0.4, 0.5) is 5.69 Å². The van der Waals surface area contributed by atoms with Crippen LogP contribution in [-0.4, -0.2) is 28.3 Å². The van der Waals surface area contributed by atoms with Gasteiger partial charge in [-0.1, -0.05) is 54.9 Å². The van der Waals surface area contributed by atoms with Crippen LogP contribution in [0, 0.1) is 11.8 Å². The second-order valence-corrected chi connectivity index (χ2v) is 9.97. The summed E-state index contributed by atoms with van der Waals surface area (Å²) in [5.74, 6) is -0.0370. The Morgan fingerprint density at radius 2 is 1.73 bits per heavy atom. The van der Waals surface area contributed by atoms with E-state index < -0.39 is 0 Å². The molecule has 1 saturated carbocycles. The first kappa shape index (κ1) is 19.5. The summed E-state index contributed by atoms with van der Waals surface area (Å²) in [6.45, 7) is 0. The second kappa shape index (κ2) is 7.96. The van der Waals surface area contributed by atoms with Crippen molar-refractivity contribution >= 4 is 56.6 Å². The largest absolute Gasteiger partial charge is 0.293 e. The van der Waals surface area contributed by atoms with E-state index in [1.807, 2.05) is 42.5 Å². The zero-order chi connectivity index (χ0) is 20.7. The van der Waals surface area contributed by atoms with Gasteiger partial charge in [0.2, 0.25) is 11.8 Å². The number of imide groups is 1. The van der Waals surface area contributed by atoms with Gasteiger partial charge in [-0.15, -0.1) is 11.3 Å². The Morgan fingerprint density at radius 1 is 1.03 bits per heavy atom. The molecule has 5 rings (SSSR count). The van der Waals surface area contributed by atoms with Gasteiger partial charge in [0.25, 0.3) is 0 Å². The second-order valence-electron chi connectivity index (χ2n) is 7.72. The summed E-state index contributed by atoms with van der Waals surface area (Å²) >= 11 is 2.90. The fourth-order valence-corrected chi connectivity index (χ4v) is 6.34. The number of ketones is 1. The van der Waals surface area contributed by atoms with Crippen LogP contribution in [0.2, 0.25) is 0 Å². The van der Waals surface area contributed by atoms with Gasteiger partial charge < -0.3 is 0 Å². The molecule has 3 aromatic rings. The molecule has 0 unspecified atom stereocenters. The summed E-state index contributed by atoms with van der Waals surface area (Å²) in [6, 6.07) is 14.8. The van der Waals surface area contributed by atoms with Crippen molar-refractivity contribution in [1.82, 2.24) is 4.98 Å². The van der Waals surface area contributed by atoms with E-state index in [1.165, 1.54) is 28.0 Å². The van der Waals surface area contributed by atoms with Crippen LogP contribution in [0.1, 0.15) is 36.0 Å². The normalized spacial score (nSPS) is 21.3. The number of rotatable bonds is 5. The van der Waals surface area contributed by atoms with Gasteiger partial charge in [-0.2, -0.15) is 0 Å². The van der Waals surface area contributed by atoms with E-state index in [0.29, 0.717) is 17.0 Å². The van der Waals surface area contributed by atoms with Crippen LogP contribution in [0.3, 0.4) is 0 Å². The number of hydrogen-bond acceptors (Lipinski definition) is 6. The van der Waals surface area contributed by atoms with E-state index in [0.717, 1.165) is 40.2 Å². The van der Waals surface area contributed by atoms with Gasteiger partial charge in [0, 0.05) is 5.56 Å². The van der Waals surface area contributed by atoms with E-state index in [9.17, 15) is 14.4 Å². The fraction of sp³-hybridized carbons (Fsp3) is 0.304. The van der Waals surface area contributed by atoms with Crippen molar-refractivity contribution in [3.05, 3.63) is 54.1 Å². The molecule has 2 fully saturated rings. The lowest BCUT2D eigenvalue weighted by Gasteiger charge is -2.19. The van der Waals surface area contributed by atoms with Crippen molar-refractivity contribution < 1.29 is 14.4 Å². The molecule has 1 aliphatic carbocycles. The molecule has 2 atom stereocenters. The molecule has 2 aliphatic rings. The first-order chi connectivity index (χ1) is 14.6. The molecule has 1 aromatic heterocycles. The Balaban J connectivity index is 1.35. The lowest BCUT2D eigenvalue weighted by molar-refractivity contribution is -0.122. The number of fused-ring (bicyclic) bond motifs is 2. The Bertz CT molecular complexity index is 1120. The fourth-order valence-electron chi connectivity index (χ4n) is 4.34. The average molecular weight is 437 g/mol. The van der Waals surface area contributed by atoms with Crippen LogP contribution >= 0.6 is 23.1 Å². The lowest BCUT2D eigenvalue weighted by Crippen LogP contribution is -2.30. The Morgan fingerprint density at radius 3 is 2.43 bits per heavy atom. The van der Waals surface area contributed by atoms with E-state index in [1.54, 1.807) is 6.07 Å². The molecule has 2 amide bonds. The third-order valence-corrected chi connectivity index (χ3v) is 8.04. The van der Waals surface area contributed by atoms with Crippen molar-refractivity contribution in [1.29, 1.82) is 0 Å². The van der Waals surface area contributed by atoms with Gasteiger partial charge in [-0.05, 0) is 31.0 Å². The van der Waals surface area contributed by atoms with E-state index in [4.69, 9.17) is 0 Å². The number of thioether (sulfide) groups is 1. The summed E-state index contributed by atoms with van der Waals surface area (Å²) in [5.41, 5.74) is 2.14. The highest BCUT2D eigenvalue weighted by Gasteiger charge is 2.48. The van der Waals surface area contributed by atoms with E-state index in [-0.39, 0.29) is 29.4 Å². The third-order valence-electron chi connectivity index (χ3n) is 5.87. The summed E-state index contributed by atoms with van der Waals surface area (Å²) in [4.78, 5) is 44.0. The SMILES string of the molecule is O=C(CSc1nc2ccc(N3C(=O)[C@H]4CCCC[C@H]4C3=O)cc2s1)c1ccccc1. The highest BCUT2D eigenvalue weighted by Crippen LogP contribution is 2.41. The standard InChI is InChI=1S/C23H20N2O3S2/c26-19(14-6-2-1-3-7-14)13-29-23-24-18-11-10-15(12-20(18)30-23)25-21(27)16-8-4-5-9-17(16)22(25)28/h1-3,6-7,10-12,16-17H,4-5,8-9,13H2/t16-,17+. The van der Waals surface area contributed by atoms with Crippen LogP contribution in [-0.2, 0) is 9.59 Å². The molecular formula is C23H20N2O3S2. The first-order valence-corrected chi connectivity index (χ1v) is 11.9.